The van der Waals surface area contributed by atoms with Crippen molar-refractivity contribution in [2.75, 3.05) is 6.61 Å². The molecule has 0 bridgehead atoms. The predicted molar refractivity (Wildman–Crippen MR) is 63.1 cm³/mol. The molecule has 0 aromatic heterocycles. The summed E-state index contributed by atoms with van der Waals surface area (Å²) < 4.78 is 5.57. The van der Waals surface area contributed by atoms with Crippen LogP contribution in [-0.4, -0.2) is 24.2 Å². The van der Waals surface area contributed by atoms with E-state index >= 15 is 0 Å². The summed E-state index contributed by atoms with van der Waals surface area (Å²) in [5.41, 5.74) is 1.30. The van der Waals surface area contributed by atoms with Crippen molar-refractivity contribution in [2.45, 2.75) is 12.5 Å². The molecule has 1 saturated heterocycles. The zero-order valence-corrected chi connectivity index (χ0v) is 10.1. The Morgan fingerprint density at radius 3 is 3.00 bits per heavy atom. The van der Waals surface area contributed by atoms with Gasteiger partial charge in [0.15, 0.2) is 0 Å². The molecule has 1 aromatic carbocycles. The SMILES string of the molecule is C=Cc1ccccc1[Si]1CCCO[Si]1. The average Bonchev–Trinajstić information content (AvgIpc) is 2.30. The minimum atomic E-state index is -0.433. The molecule has 3 heteroatoms. The molecule has 0 spiro atoms. The van der Waals surface area contributed by atoms with Gasteiger partial charge in [0.25, 0.3) is 0 Å². The second kappa shape index (κ2) is 4.73. The van der Waals surface area contributed by atoms with Gasteiger partial charge in [-0.15, -0.1) is 0 Å². The summed E-state index contributed by atoms with van der Waals surface area (Å²) in [4.78, 5) is 0. The van der Waals surface area contributed by atoms with E-state index in [-0.39, 0.29) is 0 Å². The summed E-state index contributed by atoms with van der Waals surface area (Å²) in [5.74, 6) is 0. The summed E-state index contributed by atoms with van der Waals surface area (Å²) in [5, 5.41) is 1.51. The van der Waals surface area contributed by atoms with Gasteiger partial charge < -0.3 is 4.43 Å². The van der Waals surface area contributed by atoms with E-state index < -0.39 is 8.31 Å². The van der Waals surface area contributed by atoms with Gasteiger partial charge in [-0.2, -0.15) is 0 Å². The predicted octanol–water partition coefficient (Wildman–Crippen LogP) is 1.57. The molecule has 1 aromatic rings. The Balaban J connectivity index is 2.24. The van der Waals surface area contributed by atoms with Crippen LogP contribution in [0.3, 0.4) is 0 Å². The fourth-order valence-corrected chi connectivity index (χ4v) is 6.56. The van der Waals surface area contributed by atoms with Gasteiger partial charge in [-0.25, -0.2) is 0 Å². The van der Waals surface area contributed by atoms with Crippen molar-refractivity contribution in [3.8, 4) is 0 Å². The lowest BCUT2D eigenvalue weighted by Crippen LogP contribution is -2.42. The molecule has 1 aliphatic rings. The number of benzene rings is 1. The van der Waals surface area contributed by atoms with E-state index in [2.05, 4.69) is 30.8 Å². The van der Waals surface area contributed by atoms with E-state index in [9.17, 15) is 0 Å². The smallest absolute Gasteiger partial charge is 0.215 e. The lowest BCUT2D eigenvalue weighted by molar-refractivity contribution is 0.336. The van der Waals surface area contributed by atoms with Gasteiger partial charge in [0.1, 0.15) is 8.31 Å². The highest BCUT2D eigenvalue weighted by Gasteiger charge is 2.21. The lowest BCUT2D eigenvalue weighted by atomic mass is 10.2. The van der Waals surface area contributed by atoms with Crippen LogP contribution in [-0.2, 0) is 4.43 Å². The standard InChI is InChI=1S/C11H13OSi2/c1-2-10-6-3-4-7-11(10)14-9-5-8-12-13-14/h2-4,6-7H,1,5,8-9H2. The van der Waals surface area contributed by atoms with Crippen LogP contribution in [0.5, 0.6) is 0 Å². The molecule has 2 rings (SSSR count). The quantitative estimate of drug-likeness (QED) is 0.683. The van der Waals surface area contributed by atoms with E-state index in [1.165, 1.54) is 23.2 Å². The van der Waals surface area contributed by atoms with Gasteiger partial charge >= 0.3 is 0 Å². The van der Waals surface area contributed by atoms with Crippen LogP contribution in [0.1, 0.15) is 12.0 Å². The third kappa shape index (κ3) is 2.05. The van der Waals surface area contributed by atoms with Gasteiger partial charge in [-0.3, -0.25) is 0 Å². The third-order valence-electron chi connectivity index (χ3n) is 2.37. The summed E-state index contributed by atoms with van der Waals surface area (Å²) >= 11 is 0. The first-order chi connectivity index (χ1) is 6.92. The Kier molecular flexibility index (Phi) is 3.34. The third-order valence-corrected chi connectivity index (χ3v) is 7.66. The molecule has 71 valence electrons. The van der Waals surface area contributed by atoms with Gasteiger partial charge in [-0.1, -0.05) is 48.2 Å². The fraction of sp³-hybridized carbons (Fsp3) is 0.273. The Morgan fingerprint density at radius 1 is 1.43 bits per heavy atom. The molecule has 1 aliphatic heterocycles. The van der Waals surface area contributed by atoms with Crippen molar-refractivity contribution < 1.29 is 4.43 Å². The van der Waals surface area contributed by atoms with Gasteiger partial charge in [0.05, 0.1) is 0 Å². The second-order valence-electron chi connectivity index (χ2n) is 3.32. The average molecular weight is 217 g/mol. The topological polar surface area (TPSA) is 9.23 Å². The van der Waals surface area contributed by atoms with Crippen LogP contribution in [0.2, 0.25) is 6.04 Å². The summed E-state index contributed by atoms with van der Waals surface area (Å²) in [6.07, 6.45) is 3.19. The largest absolute Gasteiger partial charge is 0.421 e. The van der Waals surface area contributed by atoms with E-state index in [4.69, 9.17) is 4.43 Å². The molecular formula is C11H13OSi2. The maximum atomic E-state index is 5.57. The Morgan fingerprint density at radius 2 is 2.29 bits per heavy atom. The molecule has 0 atom stereocenters. The summed E-state index contributed by atoms with van der Waals surface area (Å²) in [7, 11) is 0.291. The van der Waals surface area contributed by atoms with Crippen LogP contribution < -0.4 is 5.19 Å². The molecule has 0 saturated carbocycles. The zero-order chi connectivity index (χ0) is 9.80. The lowest BCUT2D eigenvalue weighted by Gasteiger charge is -2.20. The maximum Gasteiger partial charge on any atom is 0.215 e. The first-order valence-corrected chi connectivity index (χ1v) is 8.49. The molecule has 0 unspecified atom stereocenters. The Hall–Kier alpha value is -0.646. The van der Waals surface area contributed by atoms with Crippen molar-refractivity contribution in [3.63, 3.8) is 0 Å². The second-order valence-corrected chi connectivity index (χ2v) is 8.24. The number of hydrogen-bond donors (Lipinski definition) is 0. The van der Waals surface area contributed by atoms with Gasteiger partial charge in [0.2, 0.25) is 9.28 Å². The van der Waals surface area contributed by atoms with Crippen LogP contribution in [0, 0.1) is 0 Å². The van der Waals surface area contributed by atoms with Crippen molar-refractivity contribution in [2.24, 2.45) is 0 Å². The first-order valence-electron chi connectivity index (χ1n) is 4.87. The molecule has 1 heterocycles. The molecule has 0 aliphatic carbocycles. The minimum absolute atomic E-state index is 0.433. The minimum Gasteiger partial charge on any atom is -0.421 e. The zero-order valence-electron chi connectivity index (χ0n) is 8.12. The van der Waals surface area contributed by atoms with E-state index in [0.29, 0.717) is 0 Å². The molecule has 0 N–H and O–H groups in total. The van der Waals surface area contributed by atoms with Gasteiger partial charge in [-0.05, 0) is 12.0 Å². The summed E-state index contributed by atoms with van der Waals surface area (Å²) in [6.45, 7) is 4.83. The highest BCUT2D eigenvalue weighted by molar-refractivity contribution is 7.17. The Bertz CT molecular complexity index is 319. The van der Waals surface area contributed by atoms with E-state index in [1.54, 1.807) is 0 Å². The monoisotopic (exact) mass is 217 g/mol. The molecular weight excluding hydrogens is 204 g/mol. The molecule has 0 amide bonds. The molecule has 1 fully saturated rings. The first kappa shape index (κ1) is 9.89. The van der Waals surface area contributed by atoms with Crippen LogP contribution in [0.25, 0.3) is 6.08 Å². The maximum absolute atomic E-state index is 5.57. The van der Waals surface area contributed by atoms with Crippen molar-refractivity contribution >= 4 is 28.9 Å². The van der Waals surface area contributed by atoms with E-state index in [1.807, 2.05) is 6.08 Å². The van der Waals surface area contributed by atoms with Crippen LogP contribution >= 0.6 is 0 Å². The number of rotatable bonds is 2. The van der Waals surface area contributed by atoms with Crippen molar-refractivity contribution in [1.29, 1.82) is 0 Å². The molecule has 3 radical (unpaired) electrons. The van der Waals surface area contributed by atoms with Gasteiger partial charge in [0, 0.05) is 6.61 Å². The van der Waals surface area contributed by atoms with Crippen molar-refractivity contribution in [3.05, 3.63) is 36.4 Å². The van der Waals surface area contributed by atoms with Crippen molar-refractivity contribution in [1.82, 2.24) is 0 Å². The molecule has 1 nitrogen and oxygen atoms in total. The number of hydrogen-bond acceptors (Lipinski definition) is 1. The summed E-state index contributed by atoms with van der Waals surface area (Å²) in [6, 6.07) is 9.95. The normalized spacial score (nSPS) is 18.0. The highest BCUT2D eigenvalue weighted by Crippen LogP contribution is 2.08. The van der Waals surface area contributed by atoms with E-state index in [0.717, 1.165) is 15.9 Å². The van der Waals surface area contributed by atoms with Crippen LogP contribution in [0.4, 0.5) is 0 Å². The van der Waals surface area contributed by atoms with Crippen LogP contribution in [0.15, 0.2) is 30.8 Å². The Labute approximate surface area is 89.1 Å². The highest BCUT2D eigenvalue weighted by atomic mass is 29.2. The molecule has 14 heavy (non-hydrogen) atoms. The fourth-order valence-electron chi connectivity index (χ4n) is 1.65.